The topological polar surface area (TPSA) is 43.9 Å². The first kappa shape index (κ1) is 48.7. The fourth-order valence-corrected chi connectivity index (χ4v) is 12.2. The minimum atomic E-state index is -1.79. The van der Waals surface area contributed by atoms with E-state index in [1.54, 1.807) is 6.07 Å². The quantitative estimate of drug-likeness (QED) is 0.107. The van der Waals surface area contributed by atoms with E-state index in [9.17, 15) is 4.39 Å². The van der Waals surface area contributed by atoms with Crippen LogP contribution < -0.4 is 9.58 Å². The summed E-state index contributed by atoms with van der Waals surface area (Å²) in [7, 11) is -1.40. The SMILES string of the molecule is CC(C)c1cc(-c2ccc([Si](C)(C)C)cc2)cc(C(C)C)c1-n1c(-c2[c-]ccc3c2oc2cc(-c4ccccc4)ccc23)nc2ccccc21.[CH3][Ge]([CH3])([CH3])[c]1ccc(-c2[c-]cc(F)cc2)nc1.[Ir]. The van der Waals surface area contributed by atoms with E-state index in [0.29, 0.717) is 0 Å². The van der Waals surface area contributed by atoms with Crippen molar-refractivity contribution in [2.45, 2.75) is 76.4 Å². The minimum Gasteiger partial charge on any atom is 0 e. The van der Waals surface area contributed by atoms with Gasteiger partial charge in [0.2, 0.25) is 0 Å². The first-order valence-corrected chi connectivity index (χ1v) is 34.2. The first-order valence-electron chi connectivity index (χ1n) is 23.4. The number of aromatic nitrogens is 3. The number of furan rings is 1. The summed E-state index contributed by atoms with van der Waals surface area (Å²) >= 11 is -1.79. The van der Waals surface area contributed by atoms with E-state index in [1.807, 2.05) is 24.4 Å². The standard InChI is InChI=1S/C46H43N2OSi.C14H15FGeN.Ir/c1-29(2)39-26-34(32-20-23-35(24-21-32)50(5,6)7)27-40(30(3)4)44(39)48-42-19-12-11-18-41(42)47-46(48)38-17-13-16-37-36-25-22-33(28-43(36)49-45(37)38)31-14-9-8-10-15-31;1-16(2,3)13-8-9-14(17-10-13)11-4-6-12(15)7-5-11;/h8-16,18-30H,1-7H3;4,6-10H,1-3H3;/q2*-1;. The van der Waals surface area contributed by atoms with Gasteiger partial charge in [-0.1, -0.05) is 142 Å². The van der Waals surface area contributed by atoms with Crippen molar-refractivity contribution >= 4 is 63.9 Å². The molecule has 0 unspecified atom stereocenters. The zero-order valence-electron chi connectivity index (χ0n) is 40.6. The minimum absolute atomic E-state index is 0. The summed E-state index contributed by atoms with van der Waals surface area (Å²) in [5.41, 5.74) is 14.9. The number of pyridine rings is 1. The summed E-state index contributed by atoms with van der Waals surface area (Å²) in [6.45, 7) is 16.4. The second kappa shape index (κ2) is 19.7. The largest absolute Gasteiger partial charge is 0 e. The maximum atomic E-state index is 12.8. The molecule has 0 saturated heterocycles. The van der Waals surface area contributed by atoms with Crippen molar-refractivity contribution < 1.29 is 28.9 Å². The average molecular weight is 1150 g/mol. The Morgan fingerprint density at radius 2 is 1.32 bits per heavy atom. The normalized spacial score (nSPS) is 11.9. The first-order chi connectivity index (χ1) is 32.0. The van der Waals surface area contributed by atoms with Crippen molar-refractivity contribution in [3.8, 4) is 50.6 Å². The molecule has 68 heavy (non-hydrogen) atoms. The third kappa shape index (κ3) is 9.91. The fourth-order valence-electron chi connectivity index (χ4n) is 8.85. The zero-order valence-corrected chi connectivity index (χ0v) is 46.1. The summed E-state index contributed by atoms with van der Waals surface area (Å²) in [6, 6.07) is 58.8. The van der Waals surface area contributed by atoms with Crippen LogP contribution in [0.1, 0.15) is 50.7 Å². The smallest absolute Gasteiger partial charge is 0 e. The Labute approximate surface area is 418 Å². The number of para-hydroxylation sites is 2. The van der Waals surface area contributed by atoms with E-state index in [-0.39, 0.29) is 37.8 Å². The molecule has 0 amide bonds. The van der Waals surface area contributed by atoms with Gasteiger partial charge in [-0.05, 0) is 75.5 Å². The number of nitrogens with zero attached hydrogens (tertiary/aromatic N) is 3. The second-order valence-electron chi connectivity index (χ2n) is 20.3. The monoisotopic (exact) mass is 1150 g/mol. The van der Waals surface area contributed by atoms with Gasteiger partial charge in [-0.2, -0.15) is 0 Å². The van der Waals surface area contributed by atoms with Gasteiger partial charge in [0.15, 0.2) is 0 Å². The molecule has 7 aromatic carbocycles. The van der Waals surface area contributed by atoms with Crippen LogP contribution in [-0.2, 0) is 20.1 Å². The van der Waals surface area contributed by atoms with E-state index < -0.39 is 21.3 Å². The fraction of sp³-hybridized carbons (Fsp3) is 0.200. The van der Waals surface area contributed by atoms with Crippen molar-refractivity contribution in [3.05, 3.63) is 187 Å². The third-order valence-corrected chi connectivity index (χ3v) is 19.0. The molecule has 4 nitrogen and oxygen atoms in total. The van der Waals surface area contributed by atoms with Crippen LogP contribution in [0, 0.1) is 17.9 Å². The maximum absolute atomic E-state index is 12.8. The van der Waals surface area contributed by atoms with Crippen LogP contribution in [0.3, 0.4) is 0 Å². The van der Waals surface area contributed by atoms with Gasteiger partial charge >= 0.3 is 104 Å². The zero-order chi connectivity index (χ0) is 47.2. The molecule has 0 spiro atoms. The van der Waals surface area contributed by atoms with Gasteiger partial charge in [0, 0.05) is 31.2 Å². The number of halogens is 1. The van der Waals surface area contributed by atoms with Gasteiger partial charge in [0.1, 0.15) is 5.58 Å². The van der Waals surface area contributed by atoms with Gasteiger partial charge in [0.05, 0.1) is 30.5 Å². The number of hydrogen-bond acceptors (Lipinski definition) is 3. The molecular formula is C60H58FGeIrN3OSi-2. The van der Waals surface area contributed by atoms with Crippen LogP contribution in [0.5, 0.6) is 0 Å². The Hall–Kier alpha value is -5.70. The molecule has 8 heteroatoms. The Kier molecular flexibility index (Phi) is 14.1. The molecule has 0 aliphatic carbocycles. The van der Waals surface area contributed by atoms with Gasteiger partial charge in [-0.15, -0.1) is 18.2 Å². The van der Waals surface area contributed by atoms with Crippen molar-refractivity contribution in [2.24, 2.45) is 0 Å². The Balaban J connectivity index is 0.000000293. The Morgan fingerprint density at radius 1 is 0.662 bits per heavy atom. The van der Waals surface area contributed by atoms with Crippen molar-refractivity contribution in [1.29, 1.82) is 0 Å². The molecule has 3 heterocycles. The van der Waals surface area contributed by atoms with E-state index in [0.717, 1.165) is 61.2 Å². The van der Waals surface area contributed by atoms with E-state index in [4.69, 9.17) is 9.40 Å². The molecule has 10 aromatic rings. The molecule has 0 saturated carbocycles. The molecule has 1 radical (unpaired) electrons. The molecule has 0 aliphatic heterocycles. The Bertz CT molecular complexity index is 3340. The van der Waals surface area contributed by atoms with E-state index in [1.165, 1.54) is 55.2 Å². The molecule has 3 aromatic heterocycles. The summed E-state index contributed by atoms with van der Waals surface area (Å²) in [5, 5.41) is 3.64. The van der Waals surface area contributed by atoms with Crippen molar-refractivity contribution in [1.82, 2.24) is 14.5 Å². The van der Waals surface area contributed by atoms with Crippen molar-refractivity contribution in [2.75, 3.05) is 0 Å². The van der Waals surface area contributed by atoms with Gasteiger partial charge in [-0.25, -0.2) is 0 Å². The molecule has 0 fully saturated rings. The number of rotatable bonds is 9. The van der Waals surface area contributed by atoms with Crippen LogP contribution >= 0.6 is 0 Å². The number of imidazole rings is 1. The predicted molar refractivity (Wildman–Crippen MR) is 286 cm³/mol. The van der Waals surface area contributed by atoms with Gasteiger partial charge < -0.3 is 8.98 Å². The number of fused-ring (bicyclic) bond motifs is 4. The molecule has 0 atom stereocenters. The van der Waals surface area contributed by atoms with Crippen LogP contribution in [0.4, 0.5) is 4.39 Å². The molecule has 0 bridgehead atoms. The van der Waals surface area contributed by atoms with Gasteiger partial charge in [0.25, 0.3) is 0 Å². The van der Waals surface area contributed by atoms with E-state index >= 15 is 0 Å². The number of hydrogen-bond donors (Lipinski definition) is 0. The average Bonchev–Trinajstić information content (AvgIpc) is 3.90. The Morgan fingerprint density at radius 3 is 1.94 bits per heavy atom. The molecule has 345 valence electrons. The second-order valence-corrected chi connectivity index (χ2v) is 36.0. The summed E-state index contributed by atoms with van der Waals surface area (Å²) in [6.07, 6.45) is 1.95. The van der Waals surface area contributed by atoms with Crippen LogP contribution in [-0.4, -0.2) is 35.9 Å². The van der Waals surface area contributed by atoms with E-state index in [2.05, 4.69) is 202 Å². The maximum Gasteiger partial charge on any atom is 0 e. The predicted octanol–water partition coefficient (Wildman–Crippen LogP) is 15.7. The molecule has 0 N–H and O–H groups in total. The molecule has 10 rings (SSSR count). The summed E-state index contributed by atoms with van der Waals surface area (Å²) in [4.78, 5) is 9.77. The van der Waals surface area contributed by atoms with Crippen molar-refractivity contribution in [3.63, 3.8) is 0 Å². The molecule has 0 aliphatic rings. The van der Waals surface area contributed by atoms with Crippen LogP contribution in [0.2, 0.25) is 36.9 Å². The van der Waals surface area contributed by atoms with Crippen LogP contribution in [0.15, 0.2) is 162 Å². The number of benzene rings is 7. The summed E-state index contributed by atoms with van der Waals surface area (Å²) in [5.74, 6) is 8.13. The summed E-state index contributed by atoms with van der Waals surface area (Å²) < 4.78 is 23.3. The van der Waals surface area contributed by atoms with Gasteiger partial charge in [-0.3, -0.25) is 4.98 Å². The van der Waals surface area contributed by atoms with Crippen LogP contribution in [0.25, 0.3) is 83.6 Å². The third-order valence-electron chi connectivity index (χ3n) is 12.7. The molecular weight excluding hydrogens is 1090 g/mol.